The highest BCUT2D eigenvalue weighted by Crippen LogP contribution is 2.37. The molecule has 0 bridgehead atoms. The maximum absolute atomic E-state index is 13.3. The van der Waals surface area contributed by atoms with Gasteiger partial charge in [0, 0.05) is 10.9 Å². The van der Waals surface area contributed by atoms with Crippen molar-refractivity contribution in [2.24, 2.45) is 0 Å². The molecule has 186 valence electrons. The van der Waals surface area contributed by atoms with Gasteiger partial charge in [-0.25, -0.2) is 28.2 Å². The fourth-order valence-corrected chi connectivity index (χ4v) is 5.42. The summed E-state index contributed by atoms with van der Waals surface area (Å²) < 4.78 is 40.3. The maximum Gasteiger partial charge on any atom is 0.280 e. The third kappa shape index (κ3) is 4.33. The van der Waals surface area contributed by atoms with E-state index in [1.165, 1.54) is 17.4 Å². The zero-order valence-electron chi connectivity index (χ0n) is 20.0. The van der Waals surface area contributed by atoms with Crippen LogP contribution < -0.4 is 9.47 Å². The first-order valence-electron chi connectivity index (χ1n) is 11.7. The van der Waals surface area contributed by atoms with Gasteiger partial charge in [0.05, 0.1) is 12.1 Å². The molecule has 0 aliphatic rings. The Morgan fingerprint density at radius 1 is 1.00 bits per heavy atom. The molecular weight excluding hydrogens is 496 g/mol. The molecule has 0 aliphatic carbocycles. The molecule has 4 heterocycles. The topological polar surface area (TPSA) is 74.4 Å². The fraction of sp³-hybridized carbons (Fsp3) is 0.185. The molecule has 0 amide bonds. The van der Waals surface area contributed by atoms with Crippen LogP contribution in [0, 0.1) is 6.92 Å². The van der Waals surface area contributed by atoms with Gasteiger partial charge in [-0.1, -0.05) is 18.2 Å². The van der Waals surface area contributed by atoms with Gasteiger partial charge in [0.15, 0.2) is 11.5 Å². The fourth-order valence-electron chi connectivity index (χ4n) is 4.23. The van der Waals surface area contributed by atoms with Crippen molar-refractivity contribution in [3.05, 3.63) is 77.7 Å². The van der Waals surface area contributed by atoms with Crippen molar-refractivity contribution in [3.63, 3.8) is 0 Å². The first-order valence-corrected chi connectivity index (χ1v) is 12.5. The molecule has 0 saturated heterocycles. The van der Waals surface area contributed by atoms with Gasteiger partial charge in [-0.2, -0.15) is 0 Å². The van der Waals surface area contributed by atoms with E-state index in [1.54, 1.807) is 17.8 Å². The van der Waals surface area contributed by atoms with E-state index in [2.05, 4.69) is 15.1 Å². The standard InChI is InChI=1S/C27H21F2N5O2S/c1-3-35-18-7-9-19(10-8-18)36-13-16-5-4-6-17(12-16)25-32-26-23-22(30-14-34(26)33-25)21-15(2)11-20(24(28)29)31-27(21)37-23/h4-12,14,24H,3,13H2,1-2H3. The Bertz CT molecular complexity index is 1750. The maximum atomic E-state index is 13.3. The van der Waals surface area contributed by atoms with Gasteiger partial charge in [0.2, 0.25) is 0 Å². The molecule has 0 spiro atoms. The van der Waals surface area contributed by atoms with Crippen LogP contribution in [-0.2, 0) is 6.61 Å². The van der Waals surface area contributed by atoms with E-state index in [4.69, 9.17) is 14.5 Å². The molecule has 0 N–H and O–H groups in total. The Kier molecular flexibility index (Phi) is 5.88. The van der Waals surface area contributed by atoms with Crippen molar-refractivity contribution < 1.29 is 18.3 Å². The summed E-state index contributed by atoms with van der Waals surface area (Å²) in [7, 11) is 0. The SMILES string of the molecule is CCOc1ccc(OCc2cccc(-c3nc4c5sc6nc(C(F)F)cc(C)c6c5ncn4n3)c2)cc1. The number of rotatable bonds is 7. The van der Waals surface area contributed by atoms with E-state index in [9.17, 15) is 8.78 Å². The summed E-state index contributed by atoms with van der Waals surface area (Å²) in [5, 5.41) is 5.38. The molecule has 6 aromatic rings. The first-order chi connectivity index (χ1) is 18.0. The van der Waals surface area contributed by atoms with Crippen molar-refractivity contribution in [1.29, 1.82) is 0 Å². The molecule has 0 radical (unpaired) electrons. The molecule has 0 atom stereocenters. The van der Waals surface area contributed by atoms with Crippen molar-refractivity contribution in [1.82, 2.24) is 24.6 Å². The molecule has 7 nitrogen and oxygen atoms in total. The monoisotopic (exact) mass is 517 g/mol. The molecule has 6 rings (SSSR count). The van der Waals surface area contributed by atoms with Crippen LogP contribution in [0.15, 0.2) is 60.9 Å². The lowest BCUT2D eigenvalue weighted by Gasteiger charge is -2.08. The molecule has 0 aliphatic heterocycles. The summed E-state index contributed by atoms with van der Waals surface area (Å²) >= 11 is 1.30. The summed E-state index contributed by atoms with van der Waals surface area (Å²) in [6.45, 7) is 4.74. The molecule has 4 aromatic heterocycles. The highest BCUT2D eigenvalue weighted by molar-refractivity contribution is 7.26. The molecular formula is C27H21F2N5O2S. The van der Waals surface area contributed by atoms with Gasteiger partial charge in [0.1, 0.15) is 39.7 Å². The number of pyridine rings is 1. The Morgan fingerprint density at radius 3 is 2.54 bits per heavy atom. The van der Waals surface area contributed by atoms with Crippen LogP contribution in [0.1, 0.15) is 30.2 Å². The number of benzene rings is 2. The minimum absolute atomic E-state index is 0.237. The summed E-state index contributed by atoms with van der Waals surface area (Å²) in [6.07, 6.45) is -1.04. The van der Waals surface area contributed by atoms with E-state index in [-0.39, 0.29) is 5.69 Å². The third-order valence-corrected chi connectivity index (χ3v) is 7.00. The number of aromatic nitrogens is 5. The Morgan fingerprint density at radius 2 is 1.78 bits per heavy atom. The van der Waals surface area contributed by atoms with Gasteiger partial charge in [-0.3, -0.25) is 0 Å². The third-order valence-electron chi connectivity index (χ3n) is 5.93. The summed E-state index contributed by atoms with van der Waals surface area (Å²) in [5.74, 6) is 2.09. The van der Waals surface area contributed by atoms with Crippen LogP contribution >= 0.6 is 11.3 Å². The number of nitrogens with zero attached hydrogens (tertiary/aromatic N) is 5. The highest BCUT2D eigenvalue weighted by atomic mass is 32.1. The second-order valence-electron chi connectivity index (χ2n) is 8.47. The molecule has 0 unspecified atom stereocenters. The van der Waals surface area contributed by atoms with Crippen molar-refractivity contribution in [2.75, 3.05) is 6.61 Å². The lowest BCUT2D eigenvalue weighted by molar-refractivity contribution is 0.146. The van der Waals surface area contributed by atoms with E-state index >= 15 is 0 Å². The van der Waals surface area contributed by atoms with Crippen LogP contribution in [0.2, 0.25) is 0 Å². The van der Waals surface area contributed by atoms with Crippen LogP contribution in [0.5, 0.6) is 11.5 Å². The Balaban J connectivity index is 1.32. The predicted molar refractivity (Wildman–Crippen MR) is 139 cm³/mol. The normalized spacial score (nSPS) is 11.7. The lowest BCUT2D eigenvalue weighted by Crippen LogP contribution is -1.96. The van der Waals surface area contributed by atoms with Crippen molar-refractivity contribution in [3.8, 4) is 22.9 Å². The quantitative estimate of drug-likeness (QED) is 0.232. The Hall–Kier alpha value is -4.18. The lowest BCUT2D eigenvalue weighted by atomic mass is 10.1. The summed E-state index contributed by atoms with van der Waals surface area (Å²) in [4.78, 5) is 14.0. The molecule has 2 aromatic carbocycles. The van der Waals surface area contributed by atoms with Crippen molar-refractivity contribution in [2.45, 2.75) is 26.9 Å². The average Bonchev–Trinajstić information content (AvgIpc) is 3.50. The minimum Gasteiger partial charge on any atom is -0.494 e. The number of fused-ring (bicyclic) bond motifs is 5. The molecule has 0 fully saturated rings. The zero-order valence-corrected chi connectivity index (χ0v) is 20.8. The smallest absolute Gasteiger partial charge is 0.280 e. The summed E-state index contributed by atoms with van der Waals surface area (Å²) in [5.41, 5.74) is 3.57. The number of hydrogen-bond acceptors (Lipinski definition) is 7. The number of alkyl halides is 2. The van der Waals surface area contributed by atoms with E-state index in [1.807, 2.05) is 55.5 Å². The van der Waals surface area contributed by atoms with Crippen LogP contribution in [-0.4, -0.2) is 31.2 Å². The van der Waals surface area contributed by atoms with Crippen LogP contribution in [0.3, 0.4) is 0 Å². The predicted octanol–water partition coefficient (Wildman–Crippen LogP) is 6.78. The largest absolute Gasteiger partial charge is 0.494 e. The zero-order chi connectivity index (χ0) is 25.5. The number of halogens is 2. The summed E-state index contributed by atoms with van der Waals surface area (Å²) in [6, 6.07) is 16.8. The van der Waals surface area contributed by atoms with Gasteiger partial charge >= 0.3 is 0 Å². The first kappa shape index (κ1) is 23.2. The van der Waals surface area contributed by atoms with E-state index in [0.29, 0.717) is 40.6 Å². The van der Waals surface area contributed by atoms with Gasteiger partial charge in [-0.15, -0.1) is 16.4 Å². The van der Waals surface area contributed by atoms with Crippen LogP contribution in [0.25, 0.3) is 37.5 Å². The minimum atomic E-state index is -2.63. The van der Waals surface area contributed by atoms with E-state index in [0.717, 1.165) is 32.7 Å². The van der Waals surface area contributed by atoms with Gasteiger partial charge in [0.25, 0.3) is 6.43 Å². The number of ether oxygens (including phenoxy) is 2. The average molecular weight is 518 g/mol. The number of hydrogen-bond donors (Lipinski definition) is 0. The van der Waals surface area contributed by atoms with Crippen molar-refractivity contribution >= 4 is 37.4 Å². The van der Waals surface area contributed by atoms with E-state index < -0.39 is 6.43 Å². The van der Waals surface area contributed by atoms with Gasteiger partial charge in [-0.05, 0) is 61.4 Å². The molecule has 37 heavy (non-hydrogen) atoms. The van der Waals surface area contributed by atoms with Gasteiger partial charge < -0.3 is 9.47 Å². The molecule has 10 heteroatoms. The Labute approximate surface area is 214 Å². The van der Waals surface area contributed by atoms with Crippen LogP contribution in [0.4, 0.5) is 8.78 Å². The molecule has 0 saturated carbocycles. The second-order valence-corrected chi connectivity index (χ2v) is 9.47. The highest BCUT2D eigenvalue weighted by Gasteiger charge is 2.19. The number of aryl methyl sites for hydroxylation is 1. The second kappa shape index (κ2) is 9.36. The number of thiophene rings is 1.